The number of nitrogens with zero attached hydrogens (tertiary/aromatic N) is 1. The number of benzene rings is 2. The van der Waals surface area contributed by atoms with Gasteiger partial charge in [-0.1, -0.05) is 69.0 Å². The first-order valence-corrected chi connectivity index (χ1v) is 10.5. The number of rotatable bonds is 10. The highest BCUT2D eigenvalue weighted by atomic mass is 16.6. The van der Waals surface area contributed by atoms with Crippen LogP contribution >= 0.6 is 0 Å². The first-order valence-electron chi connectivity index (χ1n) is 10.5. The van der Waals surface area contributed by atoms with Gasteiger partial charge in [0.25, 0.3) is 5.69 Å². The number of hydrogen-bond donors (Lipinski definition) is 2. The summed E-state index contributed by atoms with van der Waals surface area (Å²) in [6.07, 6.45) is 5.29. The molecular weight excluding hydrogens is 396 g/mol. The van der Waals surface area contributed by atoms with Crippen LogP contribution in [-0.4, -0.2) is 28.1 Å². The Morgan fingerprint density at radius 1 is 0.935 bits per heavy atom. The largest absolute Gasteiger partial charge is 0.507 e. The lowest BCUT2D eigenvalue weighted by Gasteiger charge is -2.26. The minimum Gasteiger partial charge on any atom is -0.507 e. The number of carbonyl (C=O) groups is 2. The van der Waals surface area contributed by atoms with Gasteiger partial charge < -0.3 is 10.4 Å². The van der Waals surface area contributed by atoms with Crippen molar-refractivity contribution in [1.29, 1.82) is 0 Å². The molecule has 0 saturated carbocycles. The molecule has 2 aromatic carbocycles. The zero-order valence-corrected chi connectivity index (χ0v) is 17.5. The number of hydrogen-bond acceptors (Lipinski definition) is 6. The van der Waals surface area contributed by atoms with Crippen molar-refractivity contribution in [3.8, 4) is 0 Å². The topological polar surface area (TPSA) is 110 Å². The molecule has 0 radical (unpaired) electrons. The Bertz CT molecular complexity index is 1010. The zero-order valence-electron chi connectivity index (χ0n) is 17.5. The van der Waals surface area contributed by atoms with E-state index in [4.69, 9.17) is 0 Å². The number of non-ortho nitro benzene ring substituents is 1. The third kappa shape index (κ3) is 4.88. The fraction of sp³-hybridized carbons (Fsp3) is 0.333. The van der Waals surface area contributed by atoms with Crippen LogP contribution in [0.2, 0.25) is 0 Å². The summed E-state index contributed by atoms with van der Waals surface area (Å²) in [5.41, 5.74) is 0.971. The van der Waals surface area contributed by atoms with Crippen LogP contribution in [0.3, 0.4) is 0 Å². The number of fused-ring (bicyclic) bond motifs is 1. The molecule has 162 valence electrons. The van der Waals surface area contributed by atoms with Gasteiger partial charge in [0.15, 0.2) is 0 Å². The van der Waals surface area contributed by atoms with Crippen molar-refractivity contribution in [2.45, 2.75) is 45.1 Å². The Kier molecular flexibility index (Phi) is 7.31. The van der Waals surface area contributed by atoms with Gasteiger partial charge in [-0.25, -0.2) is 0 Å². The first-order chi connectivity index (χ1) is 15.0. The van der Waals surface area contributed by atoms with Gasteiger partial charge in [0.1, 0.15) is 5.76 Å². The second-order valence-corrected chi connectivity index (χ2v) is 7.62. The Balaban J connectivity index is 1.96. The number of nitro groups is 1. The van der Waals surface area contributed by atoms with E-state index in [2.05, 4.69) is 12.2 Å². The number of aliphatic hydroxyl groups excluding tert-OH is 1. The molecule has 2 N–H and O–H groups in total. The van der Waals surface area contributed by atoms with Crippen molar-refractivity contribution in [3.63, 3.8) is 0 Å². The number of carbonyl (C=O) groups excluding carboxylic acids is 2. The number of nitrogens with one attached hydrogen (secondary N) is 1. The molecule has 0 amide bonds. The van der Waals surface area contributed by atoms with E-state index in [0.717, 1.165) is 32.1 Å². The average Bonchev–Trinajstić information content (AvgIpc) is 2.78. The molecule has 3 rings (SSSR count). The standard InChI is InChI=1S/C24H26N2O5/c1-2-3-4-5-8-15-25-21(16-11-13-17(14-12-16)26(30)31)20-22(27)18-9-6-7-10-19(18)23(28)24(20)29/h6-7,9-14,21,25,27H,2-5,8,15H2,1H3. The van der Waals surface area contributed by atoms with Gasteiger partial charge in [-0.2, -0.15) is 0 Å². The Morgan fingerprint density at radius 2 is 1.58 bits per heavy atom. The molecule has 0 aromatic heterocycles. The Labute approximate surface area is 180 Å². The van der Waals surface area contributed by atoms with Crippen molar-refractivity contribution >= 4 is 23.0 Å². The van der Waals surface area contributed by atoms with E-state index in [0.29, 0.717) is 17.7 Å². The molecule has 0 saturated heterocycles. The molecule has 1 aliphatic rings. The van der Waals surface area contributed by atoms with E-state index in [-0.39, 0.29) is 22.6 Å². The van der Waals surface area contributed by atoms with Crippen molar-refractivity contribution < 1.29 is 19.6 Å². The van der Waals surface area contributed by atoms with Crippen molar-refractivity contribution in [2.75, 3.05) is 6.54 Å². The van der Waals surface area contributed by atoms with Crippen LogP contribution in [0, 0.1) is 10.1 Å². The fourth-order valence-electron chi connectivity index (χ4n) is 3.80. The summed E-state index contributed by atoms with van der Waals surface area (Å²) in [6.45, 7) is 2.72. The lowest BCUT2D eigenvalue weighted by Crippen LogP contribution is -2.34. The zero-order chi connectivity index (χ0) is 22.4. The number of Topliss-reactive ketones (excluding diaryl/α,β-unsaturated/α-hetero) is 2. The highest BCUT2D eigenvalue weighted by Crippen LogP contribution is 2.35. The maximum atomic E-state index is 12.9. The second kappa shape index (κ2) is 10.1. The van der Waals surface area contributed by atoms with Gasteiger partial charge in [-0.15, -0.1) is 0 Å². The quantitative estimate of drug-likeness (QED) is 0.243. The van der Waals surface area contributed by atoms with Gasteiger partial charge in [0.2, 0.25) is 11.6 Å². The minimum absolute atomic E-state index is 0.0221. The normalized spacial score (nSPS) is 14.5. The van der Waals surface area contributed by atoms with E-state index >= 15 is 0 Å². The first kappa shape index (κ1) is 22.4. The molecular formula is C24H26N2O5. The smallest absolute Gasteiger partial charge is 0.269 e. The number of nitro benzene ring substituents is 1. The van der Waals surface area contributed by atoms with Crippen molar-refractivity contribution in [3.05, 3.63) is 80.9 Å². The SMILES string of the molecule is CCCCCCCNC(C1=C(O)c2ccccc2C(=O)C1=O)c1ccc([N+](=O)[O-])cc1. The average molecular weight is 422 g/mol. The van der Waals surface area contributed by atoms with Gasteiger partial charge in [-0.3, -0.25) is 19.7 Å². The van der Waals surface area contributed by atoms with Crippen LogP contribution in [0.15, 0.2) is 54.1 Å². The van der Waals surface area contributed by atoms with E-state index in [1.54, 1.807) is 30.3 Å². The van der Waals surface area contributed by atoms with Gasteiger partial charge in [0, 0.05) is 23.3 Å². The molecule has 1 atom stereocenters. The number of unbranched alkanes of at least 4 members (excludes halogenated alkanes) is 4. The van der Waals surface area contributed by atoms with E-state index in [1.807, 2.05) is 0 Å². The monoisotopic (exact) mass is 422 g/mol. The maximum absolute atomic E-state index is 12.9. The lowest BCUT2D eigenvalue weighted by molar-refractivity contribution is -0.384. The Hall–Kier alpha value is -3.32. The highest BCUT2D eigenvalue weighted by Gasteiger charge is 2.37. The van der Waals surface area contributed by atoms with Crippen LogP contribution in [-0.2, 0) is 4.79 Å². The molecule has 1 aliphatic carbocycles. The minimum atomic E-state index is -0.766. The molecule has 7 nitrogen and oxygen atoms in total. The van der Waals surface area contributed by atoms with Crippen LogP contribution in [0.4, 0.5) is 5.69 Å². The third-order valence-corrected chi connectivity index (χ3v) is 5.49. The highest BCUT2D eigenvalue weighted by molar-refractivity contribution is 6.52. The molecule has 0 bridgehead atoms. The molecule has 0 heterocycles. The summed E-state index contributed by atoms with van der Waals surface area (Å²) < 4.78 is 0. The summed E-state index contributed by atoms with van der Waals surface area (Å²) in [5, 5.41) is 25.2. The lowest BCUT2D eigenvalue weighted by atomic mass is 9.83. The van der Waals surface area contributed by atoms with Gasteiger partial charge in [0.05, 0.1) is 16.5 Å². The van der Waals surface area contributed by atoms with E-state index in [9.17, 15) is 24.8 Å². The van der Waals surface area contributed by atoms with Crippen LogP contribution in [0.25, 0.3) is 5.76 Å². The summed E-state index contributed by atoms with van der Waals surface area (Å²) in [4.78, 5) is 36.1. The van der Waals surface area contributed by atoms with Gasteiger partial charge in [-0.05, 0) is 18.5 Å². The van der Waals surface area contributed by atoms with Crippen LogP contribution in [0.5, 0.6) is 0 Å². The van der Waals surface area contributed by atoms with E-state index < -0.39 is 22.5 Å². The van der Waals surface area contributed by atoms with Crippen molar-refractivity contribution in [1.82, 2.24) is 5.32 Å². The molecule has 0 aliphatic heterocycles. The number of ketones is 2. The Morgan fingerprint density at radius 3 is 2.23 bits per heavy atom. The fourth-order valence-corrected chi connectivity index (χ4v) is 3.80. The van der Waals surface area contributed by atoms with E-state index in [1.165, 1.54) is 18.2 Å². The second-order valence-electron chi connectivity index (χ2n) is 7.62. The maximum Gasteiger partial charge on any atom is 0.269 e. The molecule has 31 heavy (non-hydrogen) atoms. The predicted octanol–water partition coefficient (Wildman–Crippen LogP) is 4.93. The number of aliphatic hydroxyl groups is 1. The summed E-state index contributed by atoms with van der Waals surface area (Å²) in [6, 6.07) is 11.5. The molecule has 2 aromatic rings. The summed E-state index contributed by atoms with van der Waals surface area (Å²) >= 11 is 0. The molecule has 7 heteroatoms. The van der Waals surface area contributed by atoms with Crippen LogP contribution < -0.4 is 5.32 Å². The third-order valence-electron chi connectivity index (χ3n) is 5.49. The molecule has 0 fully saturated rings. The molecule has 0 spiro atoms. The van der Waals surface area contributed by atoms with Crippen LogP contribution in [0.1, 0.15) is 66.6 Å². The molecule has 1 unspecified atom stereocenters. The predicted molar refractivity (Wildman–Crippen MR) is 118 cm³/mol. The summed E-state index contributed by atoms with van der Waals surface area (Å²) in [5.74, 6) is -1.67. The van der Waals surface area contributed by atoms with Crippen molar-refractivity contribution in [2.24, 2.45) is 0 Å². The van der Waals surface area contributed by atoms with Gasteiger partial charge >= 0.3 is 0 Å². The summed E-state index contributed by atoms with van der Waals surface area (Å²) in [7, 11) is 0.